The predicted molar refractivity (Wildman–Crippen MR) is 79.0 cm³/mol. The molecule has 19 heavy (non-hydrogen) atoms. The van der Waals surface area contributed by atoms with Gasteiger partial charge in [0.2, 0.25) is 0 Å². The molecule has 0 atom stereocenters. The second-order valence-electron chi connectivity index (χ2n) is 5.84. The Hall–Kier alpha value is -1.29. The summed E-state index contributed by atoms with van der Waals surface area (Å²) in [6, 6.07) is 3.30. The minimum atomic E-state index is -0.223. The van der Waals surface area contributed by atoms with E-state index in [-0.39, 0.29) is 5.82 Å². The van der Waals surface area contributed by atoms with Crippen LogP contribution in [-0.4, -0.2) is 37.6 Å². The third kappa shape index (κ3) is 3.38. The summed E-state index contributed by atoms with van der Waals surface area (Å²) >= 11 is 0. The summed E-state index contributed by atoms with van der Waals surface area (Å²) in [5.41, 5.74) is 8.12. The first kappa shape index (κ1) is 14.1. The Kier molecular flexibility index (Phi) is 4.30. The van der Waals surface area contributed by atoms with Crippen LogP contribution in [0, 0.1) is 18.7 Å². The third-order valence-electron chi connectivity index (χ3n) is 3.64. The number of hydrogen-bond donors (Lipinski definition) is 1. The first-order valence-electron chi connectivity index (χ1n) is 7.00. The van der Waals surface area contributed by atoms with E-state index in [0.717, 1.165) is 38.4 Å². The quantitative estimate of drug-likeness (QED) is 0.852. The van der Waals surface area contributed by atoms with Crippen LogP contribution in [0.4, 0.5) is 15.8 Å². The zero-order valence-electron chi connectivity index (χ0n) is 12.1. The number of anilines is 2. The minimum absolute atomic E-state index is 0.223. The van der Waals surface area contributed by atoms with Crippen molar-refractivity contribution in [3.05, 3.63) is 23.5 Å². The Morgan fingerprint density at radius 3 is 2.42 bits per heavy atom. The SMILES string of the molecule is Cc1cc(N2CCN(CC(C)C)CC2)c(N)cc1F. The average Bonchev–Trinajstić information content (AvgIpc) is 2.34. The van der Waals surface area contributed by atoms with Crippen molar-refractivity contribution in [2.75, 3.05) is 43.4 Å². The zero-order valence-corrected chi connectivity index (χ0v) is 12.1. The van der Waals surface area contributed by atoms with Gasteiger partial charge < -0.3 is 10.6 Å². The molecule has 1 heterocycles. The molecule has 0 amide bonds. The lowest BCUT2D eigenvalue weighted by Gasteiger charge is -2.37. The van der Waals surface area contributed by atoms with E-state index in [1.54, 1.807) is 6.92 Å². The molecule has 0 spiro atoms. The highest BCUT2D eigenvalue weighted by Crippen LogP contribution is 2.27. The average molecular weight is 265 g/mol. The lowest BCUT2D eigenvalue weighted by atomic mass is 10.1. The number of benzene rings is 1. The molecule has 106 valence electrons. The Labute approximate surface area is 115 Å². The zero-order chi connectivity index (χ0) is 14.0. The van der Waals surface area contributed by atoms with Crippen molar-refractivity contribution in [3.8, 4) is 0 Å². The van der Waals surface area contributed by atoms with Crippen molar-refractivity contribution >= 4 is 11.4 Å². The monoisotopic (exact) mass is 265 g/mol. The second kappa shape index (κ2) is 5.78. The van der Waals surface area contributed by atoms with E-state index in [1.807, 2.05) is 6.07 Å². The maximum absolute atomic E-state index is 13.4. The fourth-order valence-corrected chi connectivity index (χ4v) is 2.64. The van der Waals surface area contributed by atoms with Gasteiger partial charge in [-0.05, 0) is 30.5 Å². The number of nitrogens with two attached hydrogens (primary N) is 1. The van der Waals surface area contributed by atoms with Crippen molar-refractivity contribution in [2.24, 2.45) is 5.92 Å². The highest BCUT2D eigenvalue weighted by atomic mass is 19.1. The van der Waals surface area contributed by atoms with Crippen molar-refractivity contribution < 1.29 is 4.39 Å². The summed E-state index contributed by atoms with van der Waals surface area (Å²) in [6.45, 7) is 11.4. The smallest absolute Gasteiger partial charge is 0.128 e. The number of nitrogen functional groups attached to an aromatic ring is 1. The fraction of sp³-hybridized carbons (Fsp3) is 0.600. The molecule has 2 rings (SSSR count). The Morgan fingerprint density at radius 2 is 1.84 bits per heavy atom. The van der Waals surface area contributed by atoms with Gasteiger partial charge in [0.1, 0.15) is 5.82 Å². The fourth-order valence-electron chi connectivity index (χ4n) is 2.64. The predicted octanol–water partition coefficient (Wildman–Crippen LogP) is 2.49. The number of halogens is 1. The Morgan fingerprint density at radius 1 is 1.21 bits per heavy atom. The molecule has 2 N–H and O–H groups in total. The maximum Gasteiger partial charge on any atom is 0.128 e. The maximum atomic E-state index is 13.4. The summed E-state index contributed by atoms with van der Waals surface area (Å²) < 4.78 is 13.4. The number of aryl methyl sites for hydroxylation is 1. The van der Waals surface area contributed by atoms with Crippen LogP contribution in [0.15, 0.2) is 12.1 Å². The highest BCUT2D eigenvalue weighted by molar-refractivity contribution is 5.69. The Bertz CT molecular complexity index is 437. The van der Waals surface area contributed by atoms with Crippen molar-refractivity contribution in [1.29, 1.82) is 0 Å². The molecule has 1 fully saturated rings. The first-order chi connectivity index (χ1) is 8.97. The molecular formula is C15H24FN3. The molecule has 1 aromatic rings. The van der Waals surface area contributed by atoms with Crippen LogP contribution in [0.5, 0.6) is 0 Å². The number of piperazine rings is 1. The molecule has 3 nitrogen and oxygen atoms in total. The van der Waals surface area contributed by atoms with Crippen LogP contribution in [0.1, 0.15) is 19.4 Å². The molecule has 0 aromatic heterocycles. The van der Waals surface area contributed by atoms with Crippen molar-refractivity contribution in [3.63, 3.8) is 0 Å². The van der Waals surface area contributed by atoms with Crippen molar-refractivity contribution in [2.45, 2.75) is 20.8 Å². The molecular weight excluding hydrogens is 241 g/mol. The summed E-state index contributed by atoms with van der Waals surface area (Å²) in [5, 5.41) is 0. The molecule has 0 aliphatic carbocycles. The van der Waals surface area contributed by atoms with Gasteiger partial charge in [-0.2, -0.15) is 0 Å². The molecule has 1 aromatic carbocycles. The van der Waals surface area contributed by atoms with Crippen LogP contribution < -0.4 is 10.6 Å². The third-order valence-corrected chi connectivity index (χ3v) is 3.64. The van der Waals surface area contributed by atoms with Gasteiger partial charge in [-0.25, -0.2) is 4.39 Å². The number of nitrogens with zero attached hydrogens (tertiary/aromatic N) is 2. The minimum Gasteiger partial charge on any atom is -0.397 e. The Balaban J connectivity index is 2.03. The van der Waals surface area contributed by atoms with Gasteiger partial charge in [0.15, 0.2) is 0 Å². The molecule has 0 unspecified atom stereocenters. The summed E-state index contributed by atoms with van der Waals surface area (Å²) in [5.74, 6) is 0.476. The summed E-state index contributed by atoms with van der Waals surface area (Å²) in [6.07, 6.45) is 0. The molecule has 1 aliphatic rings. The van der Waals surface area contributed by atoms with E-state index in [2.05, 4.69) is 23.6 Å². The van der Waals surface area contributed by atoms with E-state index in [0.29, 0.717) is 17.2 Å². The number of rotatable bonds is 3. The largest absolute Gasteiger partial charge is 0.397 e. The van der Waals surface area contributed by atoms with Gasteiger partial charge in [-0.1, -0.05) is 13.8 Å². The van der Waals surface area contributed by atoms with E-state index >= 15 is 0 Å². The normalized spacial score (nSPS) is 17.2. The van der Waals surface area contributed by atoms with Gasteiger partial charge in [-0.3, -0.25) is 4.90 Å². The van der Waals surface area contributed by atoms with Gasteiger partial charge in [-0.15, -0.1) is 0 Å². The van der Waals surface area contributed by atoms with Crippen molar-refractivity contribution in [1.82, 2.24) is 4.90 Å². The number of hydrogen-bond acceptors (Lipinski definition) is 3. The topological polar surface area (TPSA) is 32.5 Å². The second-order valence-corrected chi connectivity index (χ2v) is 5.84. The molecule has 0 bridgehead atoms. The molecule has 0 saturated carbocycles. The highest BCUT2D eigenvalue weighted by Gasteiger charge is 2.19. The van der Waals surface area contributed by atoms with E-state index in [1.165, 1.54) is 6.07 Å². The lowest BCUT2D eigenvalue weighted by molar-refractivity contribution is 0.231. The van der Waals surface area contributed by atoms with Crippen LogP contribution in [0.25, 0.3) is 0 Å². The molecule has 1 aliphatic heterocycles. The van der Waals surface area contributed by atoms with Gasteiger partial charge in [0, 0.05) is 32.7 Å². The van der Waals surface area contributed by atoms with Crippen LogP contribution in [0.3, 0.4) is 0 Å². The van der Waals surface area contributed by atoms with Gasteiger partial charge in [0.25, 0.3) is 0 Å². The van der Waals surface area contributed by atoms with Crippen LogP contribution in [0.2, 0.25) is 0 Å². The molecule has 0 radical (unpaired) electrons. The van der Waals surface area contributed by atoms with E-state index in [4.69, 9.17) is 5.73 Å². The van der Waals surface area contributed by atoms with Crippen LogP contribution >= 0.6 is 0 Å². The van der Waals surface area contributed by atoms with E-state index in [9.17, 15) is 4.39 Å². The molecule has 4 heteroatoms. The van der Waals surface area contributed by atoms with E-state index < -0.39 is 0 Å². The standard InChI is InChI=1S/C15H24FN3/c1-11(2)10-18-4-6-19(7-5-18)15-8-12(3)13(16)9-14(15)17/h8-9,11H,4-7,10,17H2,1-3H3. The molecule has 1 saturated heterocycles. The summed E-state index contributed by atoms with van der Waals surface area (Å²) in [4.78, 5) is 4.74. The van der Waals surface area contributed by atoms with Gasteiger partial charge in [0.05, 0.1) is 11.4 Å². The first-order valence-corrected chi connectivity index (χ1v) is 7.00. The lowest BCUT2D eigenvalue weighted by Crippen LogP contribution is -2.47. The van der Waals surface area contributed by atoms with Gasteiger partial charge >= 0.3 is 0 Å². The summed E-state index contributed by atoms with van der Waals surface area (Å²) in [7, 11) is 0. The van der Waals surface area contributed by atoms with Crippen LogP contribution in [-0.2, 0) is 0 Å².